The van der Waals surface area contributed by atoms with Crippen molar-refractivity contribution in [2.24, 2.45) is 0 Å². The van der Waals surface area contributed by atoms with E-state index in [0.717, 1.165) is 77.6 Å². The fraction of sp³-hybridized carbons (Fsp3) is 0. The van der Waals surface area contributed by atoms with E-state index in [0.29, 0.717) is 17.6 Å². The lowest BCUT2D eigenvalue weighted by Gasteiger charge is -2.12. The van der Waals surface area contributed by atoms with Crippen LogP contribution < -0.4 is 0 Å². The van der Waals surface area contributed by atoms with Gasteiger partial charge in [-0.2, -0.15) is 9.97 Å². The summed E-state index contributed by atoms with van der Waals surface area (Å²) in [6.45, 7) is 0. The van der Waals surface area contributed by atoms with Gasteiger partial charge < -0.3 is 13.7 Å². The number of para-hydroxylation sites is 6. The number of rotatable bonds is 6. The maximum absolute atomic E-state index is 5.24. The molecule has 5 heterocycles. The predicted octanol–water partition coefficient (Wildman–Crippen LogP) is 13.3. The molecule has 5 aromatic heterocycles. The first-order valence-electron chi connectivity index (χ1n) is 20.9. The largest absolute Gasteiger partial charge is 0.306 e. The van der Waals surface area contributed by atoms with Crippen molar-refractivity contribution in [2.45, 2.75) is 0 Å². The Kier molecular flexibility index (Phi) is 7.47. The van der Waals surface area contributed by atoms with Gasteiger partial charge in [0, 0.05) is 49.7 Å². The van der Waals surface area contributed by atoms with Gasteiger partial charge in [-0.25, -0.2) is 4.98 Å². The Labute approximate surface area is 355 Å². The Morgan fingerprint density at radius 3 is 1.08 bits per heavy atom. The number of benzene rings is 8. The second kappa shape index (κ2) is 13.5. The molecule has 7 nitrogen and oxygen atoms in total. The van der Waals surface area contributed by atoms with Gasteiger partial charge in [0.25, 0.3) is 0 Å². The third-order valence-electron chi connectivity index (χ3n) is 12.2. The molecule has 0 aliphatic heterocycles. The van der Waals surface area contributed by atoms with Gasteiger partial charge in [0.15, 0.2) is 11.6 Å². The van der Waals surface area contributed by atoms with Crippen molar-refractivity contribution in [2.75, 3.05) is 0 Å². The summed E-state index contributed by atoms with van der Waals surface area (Å²) in [5, 5.41) is 4.68. The molecule has 13 rings (SSSR count). The lowest BCUT2D eigenvalue weighted by Crippen LogP contribution is -2.06. The smallest absolute Gasteiger partial charge is 0.238 e. The van der Waals surface area contributed by atoms with Gasteiger partial charge in [0.2, 0.25) is 5.95 Å². The van der Waals surface area contributed by atoms with Crippen LogP contribution in [-0.2, 0) is 0 Å². The van der Waals surface area contributed by atoms with Crippen LogP contribution in [0, 0.1) is 0 Å². The Balaban J connectivity index is 1.07. The molecular weight excluding hydrogens is 759 g/mol. The second-order valence-electron chi connectivity index (χ2n) is 15.7. The van der Waals surface area contributed by atoms with Gasteiger partial charge in [-0.05, 0) is 72.8 Å². The maximum Gasteiger partial charge on any atom is 0.238 e. The minimum absolute atomic E-state index is 0.576. The topological polar surface area (TPSA) is 58.4 Å². The zero-order valence-corrected chi connectivity index (χ0v) is 33.3. The van der Waals surface area contributed by atoms with Crippen molar-refractivity contribution >= 4 is 65.7 Å². The molecule has 8 aromatic carbocycles. The van der Waals surface area contributed by atoms with Crippen molar-refractivity contribution in [3.63, 3.8) is 0 Å². The molecule has 7 heteroatoms. The SMILES string of the molecule is c1ccc(-c2nc(-c3ccc(-n4c5ccccc5c5c4c4c(c6ccccc6n4-c4ccccc4)n5-c4ccccc4)cc3)nc(-n3c4ccccc4c4ccccc43)n2)cc1. The normalized spacial score (nSPS) is 11.9. The maximum atomic E-state index is 5.24. The average Bonchev–Trinajstić information content (AvgIpc) is 4.07. The molecule has 13 aromatic rings. The molecule has 0 bridgehead atoms. The number of nitrogens with zero attached hydrogens (tertiary/aromatic N) is 7. The monoisotopic (exact) mass is 793 g/mol. The number of hydrogen-bond donors (Lipinski definition) is 0. The summed E-state index contributed by atoms with van der Waals surface area (Å²) in [5.74, 6) is 1.80. The van der Waals surface area contributed by atoms with E-state index in [-0.39, 0.29) is 0 Å². The molecule has 0 aliphatic rings. The molecule has 0 amide bonds. The van der Waals surface area contributed by atoms with Crippen molar-refractivity contribution in [3.05, 3.63) is 212 Å². The summed E-state index contributed by atoms with van der Waals surface area (Å²) < 4.78 is 9.49. The quantitative estimate of drug-likeness (QED) is 0.168. The molecule has 0 saturated heterocycles. The number of aromatic nitrogens is 7. The van der Waals surface area contributed by atoms with E-state index >= 15 is 0 Å². The first kappa shape index (κ1) is 34.3. The van der Waals surface area contributed by atoms with Crippen LogP contribution in [0.2, 0.25) is 0 Å². The standard InChI is InChI=1S/C55H35N7/c1-4-18-36(19-5-1)53-56-54(58-55(57-53)62-45-28-14-10-24-41(45)42-25-11-15-29-46(42)62)37-32-34-40(35-33-37)60-48-31-17-13-27-44(48)50-52(60)51-49(61(50)39-22-8-3-9-23-39)43-26-12-16-30-47(43)59(51)38-20-6-2-7-21-38/h1-35H. The summed E-state index contributed by atoms with van der Waals surface area (Å²) in [5.41, 5.74) is 14.1. The van der Waals surface area contributed by atoms with E-state index in [9.17, 15) is 0 Å². The van der Waals surface area contributed by atoms with Crippen LogP contribution in [0.15, 0.2) is 212 Å². The summed E-state index contributed by atoms with van der Waals surface area (Å²) in [6.07, 6.45) is 0. The van der Waals surface area contributed by atoms with E-state index in [1.54, 1.807) is 0 Å². The fourth-order valence-electron chi connectivity index (χ4n) is 9.60. The summed E-state index contributed by atoms with van der Waals surface area (Å²) in [4.78, 5) is 15.5. The molecule has 0 fully saturated rings. The van der Waals surface area contributed by atoms with Crippen molar-refractivity contribution in [3.8, 4) is 45.8 Å². The Morgan fingerprint density at radius 1 is 0.242 bits per heavy atom. The van der Waals surface area contributed by atoms with Gasteiger partial charge in [-0.3, -0.25) is 4.57 Å². The lowest BCUT2D eigenvalue weighted by atomic mass is 10.1. The van der Waals surface area contributed by atoms with Gasteiger partial charge in [-0.15, -0.1) is 0 Å². The molecular formula is C55H35N7. The van der Waals surface area contributed by atoms with E-state index in [2.05, 4.69) is 212 Å². The summed E-state index contributed by atoms with van der Waals surface area (Å²) in [6, 6.07) is 74.8. The van der Waals surface area contributed by atoms with Gasteiger partial charge in [0.1, 0.15) is 0 Å². The molecule has 0 atom stereocenters. The van der Waals surface area contributed by atoms with Crippen molar-refractivity contribution < 1.29 is 0 Å². The molecule has 62 heavy (non-hydrogen) atoms. The molecule has 0 N–H and O–H groups in total. The van der Waals surface area contributed by atoms with Crippen LogP contribution >= 0.6 is 0 Å². The van der Waals surface area contributed by atoms with Crippen LogP contribution in [-0.4, -0.2) is 33.2 Å². The summed E-state index contributed by atoms with van der Waals surface area (Å²) in [7, 11) is 0. The van der Waals surface area contributed by atoms with Gasteiger partial charge in [0.05, 0.1) is 44.1 Å². The molecule has 290 valence electrons. The highest BCUT2D eigenvalue weighted by molar-refractivity contribution is 6.25. The van der Waals surface area contributed by atoms with Crippen molar-refractivity contribution in [1.29, 1.82) is 0 Å². The Morgan fingerprint density at radius 2 is 0.597 bits per heavy atom. The van der Waals surface area contributed by atoms with E-state index in [1.807, 2.05) is 18.2 Å². The second-order valence-corrected chi connectivity index (χ2v) is 15.7. The lowest BCUT2D eigenvalue weighted by molar-refractivity contribution is 0.953. The van der Waals surface area contributed by atoms with Gasteiger partial charge >= 0.3 is 0 Å². The first-order chi connectivity index (χ1) is 30.8. The third-order valence-corrected chi connectivity index (χ3v) is 12.2. The van der Waals surface area contributed by atoms with E-state index < -0.39 is 0 Å². The highest BCUT2D eigenvalue weighted by Gasteiger charge is 2.28. The van der Waals surface area contributed by atoms with E-state index in [1.165, 1.54) is 16.3 Å². The molecule has 0 spiro atoms. The van der Waals surface area contributed by atoms with Crippen LogP contribution in [0.4, 0.5) is 0 Å². The minimum atomic E-state index is 0.576. The van der Waals surface area contributed by atoms with Crippen molar-refractivity contribution in [1.82, 2.24) is 33.2 Å². The predicted molar refractivity (Wildman–Crippen MR) is 253 cm³/mol. The van der Waals surface area contributed by atoms with E-state index in [4.69, 9.17) is 15.0 Å². The molecule has 0 radical (unpaired) electrons. The molecule has 0 unspecified atom stereocenters. The Bertz CT molecular complexity index is 3780. The zero-order chi connectivity index (χ0) is 40.7. The molecule has 0 saturated carbocycles. The highest BCUT2D eigenvalue weighted by atomic mass is 15.2. The number of hydrogen-bond acceptors (Lipinski definition) is 3. The zero-order valence-electron chi connectivity index (χ0n) is 33.3. The van der Waals surface area contributed by atoms with Crippen LogP contribution in [0.1, 0.15) is 0 Å². The van der Waals surface area contributed by atoms with Crippen LogP contribution in [0.25, 0.3) is 111 Å². The fourth-order valence-corrected chi connectivity index (χ4v) is 9.60. The Hall–Kier alpha value is -8.55. The first-order valence-corrected chi connectivity index (χ1v) is 20.9. The minimum Gasteiger partial charge on any atom is -0.306 e. The van der Waals surface area contributed by atoms with Crippen LogP contribution in [0.5, 0.6) is 0 Å². The van der Waals surface area contributed by atoms with Gasteiger partial charge in [-0.1, -0.05) is 140 Å². The highest BCUT2D eigenvalue weighted by Crippen LogP contribution is 2.45. The molecule has 0 aliphatic carbocycles. The number of fused-ring (bicyclic) bond motifs is 10. The summed E-state index contributed by atoms with van der Waals surface area (Å²) >= 11 is 0. The van der Waals surface area contributed by atoms with Crippen LogP contribution in [0.3, 0.4) is 0 Å². The average molecular weight is 794 g/mol. The third kappa shape index (κ3) is 5.02.